The van der Waals surface area contributed by atoms with Crippen molar-refractivity contribution in [3.8, 4) is 11.5 Å². The number of ether oxygens (including phenoxy) is 2. The molecule has 24 heavy (non-hydrogen) atoms. The van der Waals surface area contributed by atoms with E-state index in [0.717, 1.165) is 29.7 Å². The monoisotopic (exact) mass is 327 g/mol. The second kappa shape index (κ2) is 6.15. The van der Waals surface area contributed by atoms with Crippen molar-refractivity contribution >= 4 is 5.91 Å². The van der Waals surface area contributed by atoms with Crippen molar-refractivity contribution in [1.29, 1.82) is 0 Å². The van der Waals surface area contributed by atoms with Gasteiger partial charge >= 0.3 is 0 Å². The van der Waals surface area contributed by atoms with E-state index in [1.54, 1.807) is 12.1 Å². The number of rotatable bonds is 5. The smallest absolute Gasteiger partial charge is 0.231 e. The molecule has 0 bridgehead atoms. The summed E-state index contributed by atoms with van der Waals surface area (Å²) in [6.45, 7) is 0.666. The molecule has 1 fully saturated rings. The molecule has 1 amide bonds. The molecule has 0 aromatic heterocycles. The lowest BCUT2D eigenvalue weighted by atomic mass is 9.93. The molecule has 2 aromatic rings. The van der Waals surface area contributed by atoms with Crippen LogP contribution in [0, 0.1) is 11.7 Å². The van der Waals surface area contributed by atoms with E-state index in [4.69, 9.17) is 9.47 Å². The quantitative estimate of drug-likeness (QED) is 0.916. The molecule has 1 aliphatic carbocycles. The van der Waals surface area contributed by atoms with Gasteiger partial charge in [0, 0.05) is 6.54 Å². The maximum Gasteiger partial charge on any atom is 0.231 e. The van der Waals surface area contributed by atoms with Gasteiger partial charge in [-0.05, 0) is 54.2 Å². The third kappa shape index (κ3) is 3.07. The van der Waals surface area contributed by atoms with Crippen LogP contribution in [-0.4, -0.2) is 12.7 Å². The summed E-state index contributed by atoms with van der Waals surface area (Å²) >= 11 is 0. The third-order valence-corrected chi connectivity index (χ3v) is 4.51. The summed E-state index contributed by atoms with van der Waals surface area (Å²) in [5, 5.41) is 3.00. The minimum absolute atomic E-state index is 0.0122. The minimum atomic E-state index is -0.283. The number of fused-ring (bicyclic) bond motifs is 1. The summed E-state index contributed by atoms with van der Waals surface area (Å²) in [6.07, 6.45) is 2.08. The highest BCUT2D eigenvalue weighted by atomic mass is 19.1. The molecule has 5 heteroatoms. The number of halogens is 1. The van der Waals surface area contributed by atoms with Gasteiger partial charge in [-0.2, -0.15) is 0 Å². The number of amides is 1. The fourth-order valence-electron chi connectivity index (χ4n) is 3.09. The molecular formula is C19H18FNO3. The molecule has 0 spiro atoms. The number of hydrogen-bond acceptors (Lipinski definition) is 3. The zero-order valence-corrected chi connectivity index (χ0v) is 13.1. The van der Waals surface area contributed by atoms with Gasteiger partial charge in [0.2, 0.25) is 12.7 Å². The average molecular weight is 327 g/mol. The van der Waals surface area contributed by atoms with Crippen LogP contribution in [-0.2, 0) is 11.3 Å². The van der Waals surface area contributed by atoms with Crippen LogP contribution in [0.15, 0.2) is 42.5 Å². The number of carbonyl (C=O) groups excluding carboxylic acids is 1. The summed E-state index contributed by atoms with van der Waals surface area (Å²) in [7, 11) is 0. The maximum absolute atomic E-state index is 13.1. The minimum Gasteiger partial charge on any atom is -0.454 e. The Kier molecular flexibility index (Phi) is 3.84. The summed E-state index contributed by atoms with van der Waals surface area (Å²) in [5.41, 5.74) is 1.84. The fraction of sp³-hybridized carbons (Fsp3) is 0.316. The predicted octanol–water partition coefficient (Wildman–Crippen LogP) is 3.36. The lowest BCUT2D eigenvalue weighted by molar-refractivity contribution is -0.123. The molecule has 1 unspecified atom stereocenters. The van der Waals surface area contributed by atoms with Crippen molar-refractivity contribution in [2.45, 2.75) is 25.3 Å². The van der Waals surface area contributed by atoms with Gasteiger partial charge < -0.3 is 14.8 Å². The first-order valence-corrected chi connectivity index (χ1v) is 8.12. The van der Waals surface area contributed by atoms with Crippen LogP contribution < -0.4 is 14.8 Å². The first kappa shape index (κ1) is 15.0. The zero-order valence-electron chi connectivity index (χ0n) is 13.1. The van der Waals surface area contributed by atoms with Crippen LogP contribution in [0.4, 0.5) is 4.39 Å². The van der Waals surface area contributed by atoms with Crippen molar-refractivity contribution < 1.29 is 18.7 Å². The van der Waals surface area contributed by atoms with E-state index in [-0.39, 0.29) is 24.4 Å². The number of hydrogen-bond donors (Lipinski definition) is 1. The Hall–Kier alpha value is -2.56. The van der Waals surface area contributed by atoms with Crippen molar-refractivity contribution in [1.82, 2.24) is 5.32 Å². The SMILES string of the molecule is O=C(NCc1ccc2c(c1)OCO2)C(c1ccc(F)cc1)C1CC1. The highest BCUT2D eigenvalue weighted by Crippen LogP contribution is 2.42. The first-order valence-electron chi connectivity index (χ1n) is 8.12. The Bertz CT molecular complexity index is 756. The highest BCUT2D eigenvalue weighted by molar-refractivity contribution is 5.84. The van der Waals surface area contributed by atoms with E-state index in [1.807, 2.05) is 18.2 Å². The molecule has 124 valence electrons. The summed E-state index contributed by atoms with van der Waals surface area (Å²) in [5.74, 6) is 1.29. The fourth-order valence-corrected chi connectivity index (χ4v) is 3.09. The van der Waals surface area contributed by atoms with Crippen molar-refractivity contribution in [3.05, 3.63) is 59.4 Å². The molecule has 1 N–H and O–H groups in total. The Morgan fingerprint density at radius 1 is 1.12 bits per heavy atom. The van der Waals surface area contributed by atoms with Crippen molar-refractivity contribution in [2.24, 2.45) is 5.92 Å². The Labute approximate surface area is 139 Å². The topological polar surface area (TPSA) is 47.6 Å². The van der Waals surface area contributed by atoms with Gasteiger partial charge in [0.25, 0.3) is 0 Å². The van der Waals surface area contributed by atoms with Crippen LogP contribution in [0.1, 0.15) is 29.9 Å². The van der Waals surface area contributed by atoms with Gasteiger partial charge in [-0.25, -0.2) is 4.39 Å². The van der Waals surface area contributed by atoms with Gasteiger partial charge in [0.05, 0.1) is 5.92 Å². The van der Waals surface area contributed by atoms with Crippen LogP contribution >= 0.6 is 0 Å². The molecule has 1 aliphatic heterocycles. The molecule has 0 saturated heterocycles. The first-order chi connectivity index (χ1) is 11.7. The molecule has 1 saturated carbocycles. The van der Waals surface area contributed by atoms with E-state index in [1.165, 1.54) is 12.1 Å². The lowest BCUT2D eigenvalue weighted by Crippen LogP contribution is -2.30. The Morgan fingerprint density at radius 2 is 1.88 bits per heavy atom. The van der Waals surface area contributed by atoms with Gasteiger partial charge in [0.15, 0.2) is 11.5 Å². The second-order valence-electron chi connectivity index (χ2n) is 6.27. The van der Waals surface area contributed by atoms with Crippen LogP contribution in [0.2, 0.25) is 0 Å². The zero-order chi connectivity index (χ0) is 16.5. The van der Waals surface area contributed by atoms with Gasteiger partial charge in [-0.3, -0.25) is 4.79 Å². The third-order valence-electron chi connectivity index (χ3n) is 4.51. The van der Waals surface area contributed by atoms with Gasteiger partial charge in [0.1, 0.15) is 5.82 Å². The van der Waals surface area contributed by atoms with E-state index in [9.17, 15) is 9.18 Å². The normalized spacial score (nSPS) is 16.7. The van der Waals surface area contributed by atoms with E-state index in [2.05, 4.69) is 5.32 Å². The largest absolute Gasteiger partial charge is 0.454 e. The van der Waals surface area contributed by atoms with Gasteiger partial charge in [-0.15, -0.1) is 0 Å². The van der Waals surface area contributed by atoms with Crippen LogP contribution in [0.5, 0.6) is 11.5 Å². The van der Waals surface area contributed by atoms with Crippen LogP contribution in [0.25, 0.3) is 0 Å². The lowest BCUT2D eigenvalue weighted by Gasteiger charge is -2.17. The molecule has 1 atom stereocenters. The summed E-state index contributed by atoms with van der Waals surface area (Å²) in [4.78, 5) is 12.7. The van der Waals surface area contributed by atoms with Crippen molar-refractivity contribution in [2.75, 3.05) is 6.79 Å². The molecule has 4 rings (SSSR count). The molecule has 1 heterocycles. The maximum atomic E-state index is 13.1. The van der Waals surface area contributed by atoms with Crippen molar-refractivity contribution in [3.63, 3.8) is 0 Å². The van der Waals surface area contributed by atoms with E-state index in [0.29, 0.717) is 18.2 Å². The number of nitrogens with one attached hydrogen (secondary N) is 1. The number of benzene rings is 2. The Balaban J connectivity index is 1.45. The van der Waals surface area contributed by atoms with Gasteiger partial charge in [-0.1, -0.05) is 18.2 Å². The molecule has 0 radical (unpaired) electrons. The molecular weight excluding hydrogens is 309 g/mol. The predicted molar refractivity (Wildman–Crippen MR) is 86.3 cm³/mol. The highest BCUT2D eigenvalue weighted by Gasteiger charge is 2.37. The standard InChI is InChI=1S/C19H18FNO3/c20-15-6-4-14(5-7-15)18(13-2-3-13)19(22)21-10-12-1-8-16-17(9-12)24-11-23-16/h1,4-9,13,18H,2-3,10-11H2,(H,21,22). The molecule has 4 nitrogen and oxygen atoms in total. The summed E-state index contributed by atoms with van der Waals surface area (Å²) in [6, 6.07) is 11.9. The summed E-state index contributed by atoms with van der Waals surface area (Å²) < 4.78 is 23.8. The molecule has 2 aliphatic rings. The van der Waals surface area contributed by atoms with Crippen LogP contribution in [0.3, 0.4) is 0 Å². The Morgan fingerprint density at radius 3 is 2.62 bits per heavy atom. The number of carbonyl (C=O) groups is 1. The van der Waals surface area contributed by atoms with E-state index < -0.39 is 0 Å². The molecule has 2 aromatic carbocycles. The average Bonchev–Trinajstić information content (AvgIpc) is 3.31. The van der Waals surface area contributed by atoms with E-state index >= 15 is 0 Å². The second-order valence-corrected chi connectivity index (χ2v) is 6.27.